The zero-order valence-electron chi connectivity index (χ0n) is 15.7. The van der Waals surface area contributed by atoms with Gasteiger partial charge in [-0.05, 0) is 47.0 Å². The van der Waals surface area contributed by atoms with E-state index in [9.17, 15) is 9.90 Å². The summed E-state index contributed by atoms with van der Waals surface area (Å²) in [6, 6.07) is 18.5. The first-order valence-corrected chi connectivity index (χ1v) is 9.90. The Kier molecular flexibility index (Phi) is 5.36. The first kappa shape index (κ1) is 19.2. The molecule has 0 saturated heterocycles. The molecule has 6 heteroatoms. The Bertz CT molecular complexity index is 1050. The van der Waals surface area contributed by atoms with Gasteiger partial charge in [0.25, 0.3) is 5.91 Å². The SMILES string of the molecule is COc1ccc(C2=C(O)C(=O)N(Cc3cccnc3)[C@H]2c2ccc(Br)cc2)cc1. The van der Waals surface area contributed by atoms with Crippen molar-refractivity contribution in [3.63, 3.8) is 0 Å². The number of aliphatic hydroxyl groups excluding tert-OH is 1. The Morgan fingerprint density at radius 3 is 2.45 bits per heavy atom. The average molecular weight is 451 g/mol. The van der Waals surface area contributed by atoms with Gasteiger partial charge in [-0.25, -0.2) is 0 Å². The van der Waals surface area contributed by atoms with Crippen molar-refractivity contribution < 1.29 is 14.6 Å². The number of methoxy groups -OCH3 is 1. The first-order chi connectivity index (χ1) is 14.1. The number of pyridine rings is 1. The van der Waals surface area contributed by atoms with Gasteiger partial charge in [0.1, 0.15) is 5.75 Å². The Labute approximate surface area is 177 Å². The molecule has 5 nitrogen and oxygen atoms in total. The average Bonchev–Trinajstić information content (AvgIpc) is 3.00. The summed E-state index contributed by atoms with van der Waals surface area (Å²) in [5.41, 5.74) is 3.18. The number of hydrogen-bond donors (Lipinski definition) is 1. The van der Waals surface area contributed by atoms with E-state index in [1.54, 1.807) is 24.4 Å². The summed E-state index contributed by atoms with van der Waals surface area (Å²) in [5, 5.41) is 10.8. The highest BCUT2D eigenvalue weighted by atomic mass is 79.9. The smallest absolute Gasteiger partial charge is 0.290 e. The van der Waals surface area contributed by atoms with Gasteiger partial charge in [0.05, 0.1) is 13.2 Å². The van der Waals surface area contributed by atoms with Crippen LogP contribution in [-0.2, 0) is 11.3 Å². The van der Waals surface area contributed by atoms with Gasteiger partial charge < -0.3 is 14.7 Å². The maximum Gasteiger partial charge on any atom is 0.290 e. The second-order valence-corrected chi connectivity index (χ2v) is 7.65. The quantitative estimate of drug-likeness (QED) is 0.599. The van der Waals surface area contributed by atoms with E-state index in [0.717, 1.165) is 21.2 Å². The third-order valence-electron chi connectivity index (χ3n) is 4.97. The van der Waals surface area contributed by atoms with Crippen LogP contribution >= 0.6 is 15.9 Å². The van der Waals surface area contributed by atoms with Gasteiger partial charge in [0.15, 0.2) is 5.76 Å². The van der Waals surface area contributed by atoms with Crippen molar-refractivity contribution in [1.29, 1.82) is 0 Å². The lowest BCUT2D eigenvalue weighted by molar-refractivity contribution is -0.130. The van der Waals surface area contributed by atoms with Gasteiger partial charge in [0.2, 0.25) is 0 Å². The molecule has 1 aromatic heterocycles. The van der Waals surface area contributed by atoms with Crippen molar-refractivity contribution in [2.75, 3.05) is 7.11 Å². The van der Waals surface area contributed by atoms with Crippen LogP contribution in [0.15, 0.2) is 83.3 Å². The molecular weight excluding hydrogens is 432 g/mol. The molecule has 1 aliphatic heterocycles. The molecule has 0 saturated carbocycles. The lowest BCUT2D eigenvalue weighted by atomic mass is 9.93. The summed E-state index contributed by atoms with van der Waals surface area (Å²) in [6.45, 7) is 0.344. The number of amides is 1. The minimum Gasteiger partial charge on any atom is -0.503 e. The van der Waals surface area contributed by atoms with Crippen LogP contribution < -0.4 is 4.74 Å². The van der Waals surface area contributed by atoms with Gasteiger partial charge >= 0.3 is 0 Å². The molecule has 0 unspecified atom stereocenters. The van der Waals surface area contributed by atoms with E-state index in [2.05, 4.69) is 20.9 Å². The standard InChI is InChI=1S/C23H19BrN2O3/c1-29-19-10-6-16(7-11-19)20-21(17-4-8-18(24)9-5-17)26(23(28)22(20)27)14-15-3-2-12-25-13-15/h2-13,21,27H,14H2,1H3/t21-/m0/s1. The highest BCUT2D eigenvalue weighted by Crippen LogP contribution is 2.44. The number of rotatable bonds is 5. The minimum atomic E-state index is -0.413. The second kappa shape index (κ2) is 8.09. The fourth-order valence-electron chi connectivity index (χ4n) is 3.56. The van der Waals surface area contributed by atoms with E-state index in [1.165, 1.54) is 0 Å². The molecule has 1 amide bonds. The van der Waals surface area contributed by atoms with Crippen molar-refractivity contribution in [3.8, 4) is 5.75 Å². The van der Waals surface area contributed by atoms with Crippen LogP contribution in [0.2, 0.25) is 0 Å². The molecule has 2 aromatic carbocycles. The van der Waals surface area contributed by atoms with Crippen LogP contribution in [-0.4, -0.2) is 28.0 Å². The predicted molar refractivity (Wildman–Crippen MR) is 114 cm³/mol. The van der Waals surface area contributed by atoms with Crippen LogP contribution in [0.4, 0.5) is 0 Å². The third-order valence-corrected chi connectivity index (χ3v) is 5.49. The maximum absolute atomic E-state index is 13.0. The van der Waals surface area contributed by atoms with Crippen molar-refractivity contribution >= 4 is 27.4 Å². The Balaban J connectivity index is 1.80. The second-order valence-electron chi connectivity index (χ2n) is 6.74. The molecule has 0 spiro atoms. The van der Waals surface area contributed by atoms with Gasteiger partial charge in [-0.15, -0.1) is 0 Å². The molecule has 0 fully saturated rings. The van der Waals surface area contributed by atoms with Crippen LogP contribution in [0.3, 0.4) is 0 Å². The summed E-state index contributed by atoms with van der Waals surface area (Å²) < 4.78 is 6.18. The van der Waals surface area contributed by atoms with E-state index in [0.29, 0.717) is 17.9 Å². The van der Waals surface area contributed by atoms with E-state index < -0.39 is 11.9 Å². The van der Waals surface area contributed by atoms with Crippen LogP contribution in [0.1, 0.15) is 22.7 Å². The topological polar surface area (TPSA) is 62.7 Å². The van der Waals surface area contributed by atoms with E-state index in [-0.39, 0.29) is 5.76 Å². The molecule has 146 valence electrons. The van der Waals surface area contributed by atoms with Crippen LogP contribution in [0, 0.1) is 0 Å². The summed E-state index contributed by atoms with van der Waals surface area (Å²) in [5.74, 6) is 0.0881. The number of aromatic nitrogens is 1. The number of hydrogen-bond acceptors (Lipinski definition) is 4. The Morgan fingerprint density at radius 2 is 1.83 bits per heavy atom. The molecule has 3 aromatic rings. The predicted octanol–water partition coefficient (Wildman–Crippen LogP) is 4.91. The fraction of sp³-hybridized carbons (Fsp3) is 0.130. The minimum absolute atomic E-state index is 0.230. The molecule has 0 radical (unpaired) electrons. The number of carbonyl (C=O) groups is 1. The monoisotopic (exact) mass is 450 g/mol. The number of halogens is 1. The van der Waals surface area contributed by atoms with Gasteiger partial charge in [-0.3, -0.25) is 9.78 Å². The summed E-state index contributed by atoms with van der Waals surface area (Å²) in [4.78, 5) is 18.8. The van der Waals surface area contributed by atoms with Crippen molar-refractivity contribution in [2.24, 2.45) is 0 Å². The highest BCUT2D eigenvalue weighted by Gasteiger charge is 2.41. The molecular formula is C23H19BrN2O3. The Morgan fingerprint density at radius 1 is 1.10 bits per heavy atom. The molecule has 29 heavy (non-hydrogen) atoms. The van der Waals surface area contributed by atoms with E-state index in [4.69, 9.17) is 4.74 Å². The van der Waals surface area contributed by atoms with Crippen molar-refractivity contribution in [2.45, 2.75) is 12.6 Å². The number of ether oxygens (including phenoxy) is 1. The van der Waals surface area contributed by atoms with Gasteiger partial charge in [0, 0.05) is 29.0 Å². The number of carbonyl (C=O) groups excluding carboxylic acids is 1. The van der Waals surface area contributed by atoms with Crippen LogP contribution in [0.5, 0.6) is 5.75 Å². The largest absolute Gasteiger partial charge is 0.503 e. The third kappa shape index (κ3) is 3.76. The van der Waals surface area contributed by atoms with Crippen molar-refractivity contribution in [1.82, 2.24) is 9.88 Å². The number of benzene rings is 2. The summed E-state index contributed by atoms with van der Waals surface area (Å²) in [6.07, 6.45) is 3.42. The molecule has 4 rings (SSSR count). The Hall–Kier alpha value is -3.12. The molecule has 1 N–H and O–H groups in total. The zero-order chi connectivity index (χ0) is 20.4. The molecule has 1 atom stereocenters. The molecule has 0 bridgehead atoms. The molecule has 0 aliphatic carbocycles. The molecule has 1 aliphatic rings. The van der Waals surface area contributed by atoms with Gasteiger partial charge in [-0.1, -0.05) is 46.3 Å². The summed E-state index contributed by atoms with van der Waals surface area (Å²) in [7, 11) is 1.60. The first-order valence-electron chi connectivity index (χ1n) is 9.11. The normalized spacial score (nSPS) is 16.4. The molecule has 2 heterocycles. The fourth-order valence-corrected chi connectivity index (χ4v) is 3.83. The van der Waals surface area contributed by atoms with Crippen LogP contribution in [0.25, 0.3) is 5.57 Å². The maximum atomic E-state index is 13.0. The van der Waals surface area contributed by atoms with E-state index >= 15 is 0 Å². The van der Waals surface area contributed by atoms with Crippen molar-refractivity contribution in [3.05, 3.63) is 100.0 Å². The van der Waals surface area contributed by atoms with E-state index in [1.807, 2.05) is 60.7 Å². The number of aliphatic hydroxyl groups is 1. The lowest BCUT2D eigenvalue weighted by Crippen LogP contribution is -2.29. The van der Waals surface area contributed by atoms with Gasteiger partial charge in [-0.2, -0.15) is 0 Å². The number of nitrogens with zero attached hydrogens (tertiary/aromatic N) is 2. The lowest BCUT2D eigenvalue weighted by Gasteiger charge is -2.27. The highest BCUT2D eigenvalue weighted by molar-refractivity contribution is 9.10. The zero-order valence-corrected chi connectivity index (χ0v) is 17.3. The summed E-state index contributed by atoms with van der Waals surface area (Å²) >= 11 is 3.46.